The average Bonchev–Trinajstić information content (AvgIpc) is 1.32. The van der Waals surface area contributed by atoms with Crippen molar-refractivity contribution in [3.05, 3.63) is 0 Å². The van der Waals surface area contributed by atoms with Gasteiger partial charge >= 0.3 is 39.5 Å². The van der Waals surface area contributed by atoms with Crippen LogP contribution in [0.4, 0.5) is 0 Å². The van der Waals surface area contributed by atoms with E-state index in [0.717, 1.165) is 114 Å². The van der Waals surface area contributed by atoms with Crippen LogP contribution in [0.2, 0.25) is 0 Å². The highest BCUT2D eigenvalue weighted by molar-refractivity contribution is 7.47. The van der Waals surface area contributed by atoms with Crippen LogP contribution in [0.25, 0.3) is 0 Å². The lowest BCUT2D eigenvalue weighted by atomic mass is 9.99. The molecule has 19 heteroatoms. The van der Waals surface area contributed by atoms with Gasteiger partial charge in [0.1, 0.15) is 19.3 Å². The third-order valence-electron chi connectivity index (χ3n) is 18.3. The summed E-state index contributed by atoms with van der Waals surface area (Å²) < 4.78 is 68.4. The van der Waals surface area contributed by atoms with Crippen LogP contribution in [-0.4, -0.2) is 96.7 Å². The first-order valence-corrected chi connectivity index (χ1v) is 42.3. The number of carbonyl (C=O) groups is 4. The van der Waals surface area contributed by atoms with E-state index in [4.69, 9.17) is 37.0 Å². The molecular formula is C76H148O17P2. The molecule has 564 valence electrons. The van der Waals surface area contributed by atoms with E-state index >= 15 is 0 Å². The van der Waals surface area contributed by atoms with Gasteiger partial charge in [0, 0.05) is 25.7 Å². The average molecular weight is 1400 g/mol. The van der Waals surface area contributed by atoms with Gasteiger partial charge in [-0.25, -0.2) is 9.13 Å². The molecule has 0 heterocycles. The fourth-order valence-electron chi connectivity index (χ4n) is 11.5. The van der Waals surface area contributed by atoms with Gasteiger partial charge in [-0.3, -0.25) is 37.3 Å². The number of aliphatic hydroxyl groups is 1. The van der Waals surface area contributed by atoms with Gasteiger partial charge in [-0.1, -0.05) is 331 Å². The molecule has 4 unspecified atom stereocenters. The van der Waals surface area contributed by atoms with Gasteiger partial charge in [-0.15, -0.1) is 0 Å². The minimum Gasteiger partial charge on any atom is -0.462 e. The quantitative estimate of drug-likeness (QED) is 0.0222. The molecule has 0 bridgehead atoms. The number of ether oxygens (including phenoxy) is 4. The molecule has 0 saturated carbocycles. The first-order chi connectivity index (χ1) is 45.7. The summed E-state index contributed by atoms with van der Waals surface area (Å²) in [5.74, 6) is 0.926. The molecule has 0 aliphatic rings. The van der Waals surface area contributed by atoms with Crippen LogP contribution in [0.1, 0.15) is 383 Å². The lowest BCUT2D eigenvalue weighted by Crippen LogP contribution is -2.30. The van der Waals surface area contributed by atoms with E-state index in [-0.39, 0.29) is 25.7 Å². The number of phosphoric acid groups is 2. The van der Waals surface area contributed by atoms with E-state index in [0.29, 0.717) is 31.6 Å². The predicted molar refractivity (Wildman–Crippen MR) is 386 cm³/mol. The zero-order chi connectivity index (χ0) is 70.3. The Morgan fingerprint density at radius 2 is 0.505 bits per heavy atom. The number of phosphoric ester groups is 2. The summed E-state index contributed by atoms with van der Waals surface area (Å²) in [6.07, 6.45) is 50.2. The number of esters is 4. The SMILES string of the molecule is CCC(C)CCCCCCCCCCCCCCCCCCCCC(=O)OC[C@H](COP(=O)(O)OC[C@@H](O)COP(=O)(O)OC[C@@H](COC(=O)CCCCCCCCC(C)CC)OC(=O)CCCCCCCCCC(C)C)OC(=O)CCCCCCCCCCCCC(C)C. The first kappa shape index (κ1) is 93.1. The van der Waals surface area contributed by atoms with Gasteiger partial charge in [-0.05, 0) is 49.4 Å². The second-order valence-corrected chi connectivity index (χ2v) is 31.7. The number of aliphatic hydroxyl groups excluding tert-OH is 1. The maximum Gasteiger partial charge on any atom is 0.472 e. The van der Waals surface area contributed by atoms with Crippen molar-refractivity contribution >= 4 is 39.5 Å². The fourth-order valence-corrected chi connectivity index (χ4v) is 13.1. The second-order valence-electron chi connectivity index (χ2n) is 28.8. The maximum absolute atomic E-state index is 13.1. The van der Waals surface area contributed by atoms with Crippen LogP contribution in [0, 0.1) is 23.7 Å². The van der Waals surface area contributed by atoms with Gasteiger partial charge in [0.25, 0.3) is 0 Å². The van der Waals surface area contributed by atoms with Gasteiger partial charge in [0.15, 0.2) is 12.2 Å². The summed E-state index contributed by atoms with van der Waals surface area (Å²) in [5, 5.41) is 10.6. The molecule has 0 amide bonds. The molecule has 0 spiro atoms. The summed E-state index contributed by atoms with van der Waals surface area (Å²) in [4.78, 5) is 72.7. The largest absolute Gasteiger partial charge is 0.472 e. The van der Waals surface area contributed by atoms with Crippen LogP contribution >= 0.6 is 15.6 Å². The van der Waals surface area contributed by atoms with Gasteiger partial charge in [0.2, 0.25) is 0 Å². The molecule has 0 saturated heterocycles. The summed E-state index contributed by atoms with van der Waals surface area (Å²) in [6.45, 7) is 14.1. The third-order valence-corrected chi connectivity index (χ3v) is 20.2. The summed E-state index contributed by atoms with van der Waals surface area (Å²) in [6, 6.07) is 0. The maximum atomic E-state index is 13.1. The number of rotatable bonds is 73. The third kappa shape index (κ3) is 67.6. The molecule has 17 nitrogen and oxygen atoms in total. The van der Waals surface area contributed by atoms with Crippen molar-refractivity contribution in [2.45, 2.75) is 401 Å². The topological polar surface area (TPSA) is 237 Å². The van der Waals surface area contributed by atoms with Crippen molar-refractivity contribution in [2.75, 3.05) is 39.6 Å². The van der Waals surface area contributed by atoms with Gasteiger partial charge in [-0.2, -0.15) is 0 Å². The van der Waals surface area contributed by atoms with Crippen molar-refractivity contribution in [3.63, 3.8) is 0 Å². The highest BCUT2D eigenvalue weighted by Crippen LogP contribution is 2.45. The fraction of sp³-hybridized carbons (Fsp3) is 0.947. The Kier molecular flexibility index (Phi) is 64.0. The van der Waals surface area contributed by atoms with E-state index < -0.39 is 97.5 Å². The Morgan fingerprint density at radius 1 is 0.295 bits per heavy atom. The van der Waals surface area contributed by atoms with Crippen molar-refractivity contribution in [1.29, 1.82) is 0 Å². The minimum absolute atomic E-state index is 0.102. The number of hydrogen-bond acceptors (Lipinski definition) is 15. The molecule has 0 aromatic heterocycles. The van der Waals surface area contributed by atoms with Crippen molar-refractivity contribution in [1.82, 2.24) is 0 Å². The highest BCUT2D eigenvalue weighted by Gasteiger charge is 2.30. The number of unbranched alkanes of at least 4 members (excludes halogenated alkanes) is 37. The van der Waals surface area contributed by atoms with E-state index in [2.05, 4.69) is 55.4 Å². The Hall–Kier alpha value is -1.94. The van der Waals surface area contributed by atoms with E-state index in [1.54, 1.807) is 0 Å². The smallest absolute Gasteiger partial charge is 0.462 e. The van der Waals surface area contributed by atoms with Crippen LogP contribution in [-0.2, 0) is 65.4 Å². The molecule has 95 heavy (non-hydrogen) atoms. The summed E-state index contributed by atoms with van der Waals surface area (Å²) >= 11 is 0. The van der Waals surface area contributed by atoms with Crippen molar-refractivity contribution in [3.8, 4) is 0 Å². The second kappa shape index (κ2) is 65.4. The van der Waals surface area contributed by atoms with E-state index in [9.17, 15) is 43.2 Å². The van der Waals surface area contributed by atoms with E-state index in [1.807, 2.05) is 0 Å². The van der Waals surface area contributed by atoms with Crippen molar-refractivity contribution in [2.24, 2.45) is 23.7 Å². The molecule has 0 aliphatic heterocycles. The van der Waals surface area contributed by atoms with Crippen LogP contribution in [0.3, 0.4) is 0 Å². The number of hydrogen-bond donors (Lipinski definition) is 3. The van der Waals surface area contributed by atoms with Gasteiger partial charge in [0.05, 0.1) is 26.4 Å². The molecule has 3 N–H and O–H groups in total. The highest BCUT2D eigenvalue weighted by atomic mass is 31.2. The minimum atomic E-state index is -4.96. The predicted octanol–water partition coefficient (Wildman–Crippen LogP) is 22.0. The van der Waals surface area contributed by atoms with E-state index in [1.165, 1.54) is 180 Å². The van der Waals surface area contributed by atoms with Crippen LogP contribution < -0.4 is 0 Å². The molecule has 0 rings (SSSR count). The first-order valence-electron chi connectivity index (χ1n) is 39.3. The van der Waals surface area contributed by atoms with Crippen LogP contribution in [0.5, 0.6) is 0 Å². The van der Waals surface area contributed by atoms with Crippen LogP contribution in [0.15, 0.2) is 0 Å². The lowest BCUT2D eigenvalue weighted by Gasteiger charge is -2.21. The Balaban J connectivity index is 5.16. The molecule has 0 radical (unpaired) electrons. The molecule has 0 aromatic carbocycles. The normalized spacial score (nSPS) is 14.7. The molecule has 0 fully saturated rings. The molecule has 0 aromatic rings. The summed E-state index contributed by atoms with van der Waals surface area (Å²) in [5.41, 5.74) is 0. The van der Waals surface area contributed by atoms with Crippen molar-refractivity contribution < 1.29 is 80.2 Å². The monoisotopic (exact) mass is 1400 g/mol. The Labute approximate surface area is 581 Å². The Bertz CT molecular complexity index is 1870. The Morgan fingerprint density at radius 3 is 0.747 bits per heavy atom. The molecule has 0 aliphatic carbocycles. The molecular weight excluding hydrogens is 1250 g/mol. The zero-order valence-electron chi connectivity index (χ0n) is 62.3. The number of carbonyl (C=O) groups excluding carboxylic acids is 4. The molecule has 7 atom stereocenters. The summed E-state index contributed by atoms with van der Waals surface area (Å²) in [7, 11) is -9.91. The standard InChI is InChI=1S/C76H148O17P2/c1-9-68(7)54-46-38-30-24-19-17-15-13-11-12-14-16-18-20-25-31-40-48-56-73(78)86-62-71(92-75(80)58-50-42-32-26-22-21-23-28-36-44-52-66(3)4)64-90-94(82,83)88-60-70(77)61-89-95(84,85)91-65-72(93-76(81)59-51-43-33-27-29-37-45-53-67(5)6)63-87-74(79)57-49-41-35-34-39-47-55-69(8)10-2/h66-72,77H,9-65H2,1-8H3,(H,82,83)(H,84,85)/t68?,69?,70-,71-,72-/m1/s1. The lowest BCUT2D eigenvalue weighted by molar-refractivity contribution is -0.161. The zero-order valence-corrected chi connectivity index (χ0v) is 64.1. The van der Waals surface area contributed by atoms with Gasteiger partial charge < -0.3 is 33.8 Å².